The van der Waals surface area contributed by atoms with Crippen molar-refractivity contribution >= 4 is 0 Å². The minimum atomic E-state index is -0.738. The van der Waals surface area contributed by atoms with Gasteiger partial charge in [0.2, 0.25) is 0 Å². The fraction of sp³-hybridized carbons (Fsp3) is 0.0526. The Morgan fingerprint density at radius 3 is 1.35 bits per heavy atom. The van der Waals surface area contributed by atoms with Gasteiger partial charge in [0.15, 0.2) is 0 Å². The zero-order valence-electron chi connectivity index (χ0n) is 11.9. The lowest BCUT2D eigenvalue weighted by atomic mass is 9.85. The lowest BCUT2D eigenvalue weighted by Crippen LogP contribution is -2.05. The van der Waals surface area contributed by atoms with Gasteiger partial charge < -0.3 is 0 Å². The summed E-state index contributed by atoms with van der Waals surface area (Å²) in [6, 6.07) is 14.5. The van der Waals surface area contributed by atoms with Crippen LogP contribution in [-0.4, -0.2) is 0 Å². The van der Waals surface area contributed by atoms with E-state index in [0.29, 0.717) is 16.7 Å². The van der Waals surface area contributed by atoms with Crippen molar-refractivity contribution in [1.29, 1.82) is 0 Å². The molecule has 0 aromatic heterocycles. The normalized spacial score (nSPS) is 11.0. The molecule has 3 aromatic carbocycles. The second kappa shape index (κ2) is 6.24. The van der Waals surface area contributed by atoms with Gasteiger partial charge in [-0.2, -0.15) is 0 Å². The van der Waals surface area contributed by atoms with Crippen molar-refractivity contribution in [1.82, 2.24) is 0 Å². The third kappa shape index (κ3) is 3.42. The fourth-order valence-electron chi connectivity index (χ4n) is 2.69. The van der Waals surface area contributed by atoms with E-state index in [1.165, 1.54) is 48.5 Å². The van der Waals surface area contributed by atoms with E-state index in [1.807, 2.05) is 0 Å². The van der Waals surface area contributed by atoms with Gasteiger partial charge in [-0.25, -0.2) is 17.6 Å². The molecule has 0 radical (unpaired) electrons. The molecule has 0 saturated heterocycles. The van der Waals surface area contributed by atoms with Gasteiger partial charge >= 0.3 is 0 Å². The van der Waals surface area contributed by atoms with Gasteiger partial charge in [0.25, 0.3) is 0 Å². The van der Waals surface area contributed by atoms with Crippen LogP contribution in [-0.2, 0) is 0 Å². The van der Waals surface area contributed by atoms with Crippen LogP contribution in [0, 0.1) is 23.3 Å². The van der Waals surface area contributed by atoms with Gasteiger partial charge in [-0.05, 0) is 53.1 Å². The molecular formula is C19H12F4. The molecule has 3 aromatic rings. The highest BCUT2D eigenvalue weighted by Crippen LogP contribution is 2.33. The average Bonchev–Trinajstić information content (AvgIpc) is 2.46. The summed E-state index contributed by atoms with van der Waals surface area (Å²) in [5, 5.41) is 0. The summed E-state index contributed by atoms with van der Waals surface area (Å²) in [5.41, 5.74) is 1.26. The van der Waals surface area contributed by atoms with E-state index < -0.39 is 29.2 Å². The molecule has 0 aliphatic heterocycles. The maximum absolute atomic E-state index is 13.6. The maximum atomic E-state index is 13.6. The molecule has 23 heavy (non-hydrogen) atoms. The lowest BCUT2D eigenvalue weighted by molar-refractivity contribution is 0.578. The van der Waals surface area contributed by atoms with Gasteiger partial charge in [0.05, 0.1) is 0 Å². The quantitative estimate of drug-likeness (QED) is 0.447. The van der Waals surface area contributed by atoms with Gasteiger partial charge in [-0.3, -0.25) is 0 Å². The molecule has 0 amide bonds. The number of benzene rings is 3. The lowest BCUT2D eigenvalue weighted by Gasteiger charge is -2.19. The largest absolute Gasteiger partial charge is 0.207 e. The summed E-state index contributed by atoms with van der Waals surface area (Å²) in [5.74, 6) is -3.09. The third-order valence-electron chi connectivity index (χ3n) is 3.58. The SMILES string of the molecule is Fc1cccc(C(c2cccc(F)c2)c2cc(F)cc(F)c2)c1. The highest BCUT2D eigenvalue weighted by molar-refractivity contribution is 5.43. The van der Waals surface area contributed by atoms with Gasteiger partial charge in [-0.1, -0.05) is 24.3 Å². The third-order valence-corrected chi connectivity index (χ3v) is 3.58. The maximum Gasteiger partial charge on any atom is 0.126 e. The Balaban J connectivity index is 2.21. The monoisotopic (exact) mass is 316 g/mol. The molecule has 0 heterocycles. The molecule has 0 unspecified atom stereocenters. The minimum Gasteiger partial charge on any atom is -0.207 e. The first-order valence-corrected chi connectivity index (χ1v) is 7.00. The molecule has 0 nitrogen and oxygen atoms in total. The Morgan fingerprint density at radius 2 is 0.913 bits per heavy atom. The Labute approximate surface area is 131 Å². The highest BCUT2D eigenvalue weighted by Gasteiger charge is 2.19. The first-order valence-electron chi connectivity index (χ1n) is 7.00. The van der Waals surface area contributed by atoms with Crippen molar-refractivity contribution in [3.05, 3.63) is 107 Å². The minimum absolute atomic E-state index is 0.290. The van der Waals surface area contributed by atoms with E-state index in [1.54, 1.807) is 12.1 Å². The summed E-state index contributed by atoms with van der Waals surface area (Å²) in [4.78, 5) is 0. The van der Waals surface area contributed by atoms with E-state index in [4.69, 9.17) is 0 Å². The summed E-state index contributed by atoms with van der Waals surface area (Å²) >= 11 is 0. The van der Waals surface area contributed by atoms with Crippen LogP contribution in [0.5, 0.6) is 0 Å². The molecular weight excluding hydrogens is 304 g/mol. The van der Waals surface area contributed by atoms with Crippen LogP contribution in [0.2, 0.25) is 0 Å². The van der Waals surface area contributed by atoms with Crippen LogP contribution in [0.15, 0.2) is 66.7 Å². The van der Waals surface area contributed by atoms with Gasteiger partial charge in [0, 0.05) is 12.0 Å². The van der Waals surface area contributed by atoms with E-state index in [9.17, 15) is 17.6 Å². The Kier molecular flexibility index (Phi) is 4.15. The predicted octanol–water partition coefficient (Wildman–Crippen LogP) is 5.42. The number of hydrogen-bond donors (Lipinski definition) is 0. The Morgan fingerprint density at radius 1 is 0.478 bits per heavy atom. The van der Waals surface area contributed by atoms with Crippen molar-refractivity contribution in [2.24, 2.45) is 0 Å². The number of rotatable bonds is 3. The standard InChI is InChI=1S/C19H12F4/c20-15-5-1-3-12(7-15)19(13-4-2-6-16(21)8-13)14-9-17(22)11-18(23)10-14/h1-11,19H. The van der Waals surface area contributed by atoms with Crippen LogP contribution < -0.4 is 0 Å². The first kappa shape index (κ1) is 15.3. The molecule has 0 spiro atoms. The molecule has 0 saturated carbocycles. The molecule has 4 heteroatoms. The molecule has 0 N–H and O–H groups in total. The smallest absolute Gasteiger partial charge is 0.126 e. The molecule has 0 aliphatic rings. The first-order chi connectivity index (χ1) is 11.0. The summed E-state index contributed by atoms with van der Waals surface area (Å²) in [7, 11) is 0. The van der Waals surface area contributed by atoms with E-state index >= 15 is 0 Å². The zero-order chi connectivity index (χ0) is 16.4. The fourth-order valence-corrected chi connectivity index (χ4v) is 2.69. The Bertz CT molecular complexity index is 777. The van der Waals surface area contributed by atoms with Crippen molar-refractivity contribution in [3.63, 3.8) is 0 Å². The van der Waals surface area contributed by atoms with Crippen LogP contribution in [0.1, 0.15) is 22.6 Å². The molecule has 3 rings (SSSR count). The predicted molar refractivity (Wildman–Crippen MR) is 80.1 cm³/mol. The van der Waals surface area contributed by atoms with Crippen molar-refractivity contribution in [2.45, 2.75) is 5.92 Å². The Hall–Kier alpha value is -2.62. The second-order valence-electron chi connectivity index (χ2n) is 5.25. The van der Waals surface area contributed by atoms with Crippen molar-refractivity contribution in [3.8, 4) is 0 Å². The second-order valence-corrected chi connectivity index (χ2v) is 5.25. The van der Waals surface area contributed by atoms with E-state index in [2.05, 4.69) is 0 Å². The van der Waals surface area contributed by atoms with Gasteiger partial charge in [-0.15, -0.1) is 0 Å². The van der Waals surface area contributed by atoms with Crippen LogP contribution >= 0.6 is 0 Å². The van der Waals surface area contributed by atoms with E-state index in [-0.39, 0.29) is 0 Å². The molecule has 0 bridgehead atoms. The highest BCUT2D eigenvalue weighted by atomic mass is 19.1. The summed E-state index contributed by atoms with van der Waals surface area (Å²) in [6.07, 6.45) is 0. The molecule has 0 fully saturated rings. The van der Waals surface area contributed by atoms with Gasteiger partial charge in [0.1, 0.15) is 23.3 Å². The topological polar surface area (TPSA) is 0 Å². The average molecular weight is 316 g/mol. The van der Waals surface area contributed by atoms with Crippen LogP contribution in [0.25, 0.3) is 0 Å². The number of halogens is 4. The van der Waals surface area contributed by atoms with E-state index in [0.717, 1.165) is 6.07 Å². The van der Waals surface area contributed by atoms with Crippen LogP contribution in [0.4, 0.5) is 17.6 Å². The summed E-state index contributed by atoms with van der Waals surface area (Å²) < 4.78 is 54.3. The van der Waals surface area contributed by atoms with Crippen molar-refractivity contribution in [2.75, 3.05) is 0 Å². The van der Waals surface area contributed by atoms with Crippen molar-refractivity contribution < 1.29 is 17.6 Å². The molecule has 0 atom stereocenters. The number of hydrogen-bond acceptors (Lipinski definition) is 0. The molecule has 116 valence electrons. The molecule has 0 aliphatic carbocycles. The van der Waals surface area contributed by atoms with Crippen LogP contribution in [0.3, 0.4) is 0 Å². The summed E-state index contributed by atoms with van der Waals surface area (Å²) in [6.45, 7) is 0. The zero-order valence-corrected chi connectivity index (χ0v) is 11.9.